The van der Waals surface area contributed by atoms with Crippen molar-refractivity contribution in [3.8, 4) is 6.07 Å². The Morgan fingerprint density at radius 2 is 2.07 bits per heavy atom. The first-order valence-electron chi connectivity index (χ1n) is 9.04. The number of aromatic amines is 1. The normalized spacial score (nSPS) is 15.3. The lowest BCUT2D eigenvalue weighted by molar-refractivity contribution is 0.209. The number of rotatable bonds is 2. The molecule has 0 unspecified atom stereocenters. The molecule has 1 atom stereocenters. The van der Waals surface area contributed by atoms with Gasteiger partial charge in [0.05, 0.1) is 17.0 Å². The van der Waals surface area contributed by atoms with Crippen LogP contribution in [0.15, 0.2) is 41.2 Å². The molecule has 1 aliphatic heterocycles. The second kappa shape index (κ2) is 7.80. The van der Waals surface area contributed by atoms with Gasteiger partial charge in [-0.2, -0.15) is 17.0 Å². The van der Waals surface area contributed by atoms with Crippen LogP contribution in [-0.4, -0.2) is 28.7 Å². The zero-order chi connectivity index (χ0) is 21.4. The van der Waals surface area contributed by atoms with Crippen LogP contribution in [-0.2, 0) is 5.75 Å². The largest absolute Gasteiger partial charge is 0.324 e. The standard InChI is InChI=1S/C21H16F2N4O2S/c1-27(21(29)25-13-3-5-16(23)11(6-13)8-24)18-10-30-9-17-19(18)14-4-2-12(22)7-15(14)20(28)26-17/h2-7,18H,9-10H2,1H3,(H,25,29)(H,26,28)/t18-/m0/s1. The van der Waals surface area contributed by atoms with Crippen LogP contribution >= 0.6 is 11.8 Å². The van der Waals surface area contributed by atoms with E-state index in [0.717, 1.165) is 11.6 Å². The molecular weight excluding hydrogens is 410 g/mol. The van der Waals surface area contributed by atoms with Crippen molar-refractivity contribution in [3.63, 3.8) is 0 Å². The summed E-state index contributed by atoms with van der Waals surface area (Å²) in [6.45, 7) is 0. The van der Waals surface area contributed by atoms with Crippen molar-refractivity contribution < 1.29 is 13.6 Å². The van der Waals surface area contributed by atoms with Gasteiger partial charge in [-0.05, 0) is 35.7 Å². The first kappa shape index (κ1) is 19.9. The number of carbonyl (C=O) groups excluding carboxylic acids is 1. The zero-order valence-corrected chi connectivity index (χ0v) is 16.6. The summed E-state index contributed by atoms with van der Waals surface area (Å²) in [5.74, 6) is -0.00941. The molecule has 0 spiro atoms. The molecule has 0 fully saturated rings. The first-order valence-corrected chi connectivity index (χ1v) is 10.2. The van der Waals surface area contributed by atoms with Gasteiger partial charge in [0.2, 0.25) is 0 Å². The van der Waals surface area contributed by atoms with E-state index < -0.39 is 17.7 Å². The number of carbonyl (C=O) groups is 1. The van der Waals surface area contributed by atoms with Crippen molar-refractivity contribution in [3.05, 3.63) is 75.2 Å². The van der Waals surface area contributed by atoms with E-state index in [1.165, 1.54) is 29.2 Å². The molecule has 6 nitrogen and oxygen atoms in total. The summed E-state index contributed by atoms with van der Waals surface area (Å²) in [6.07, 6.45) is 0. The molecule has 2 aromatic carbocycles. The second-order valence-corrected chi connectivity index (χ2v) is 7.94. The SMILES string of the molecule is CN(C(=O)Nc1ccc(F)c(C#N)c1)[C@H]1CSCc2[nH]c(=O)c3cc(F)ccc3c21. The third-order valence-corrected chi connectivity index (χ3v) is 6.13. The molecule has 0 aliphatic carbocycles. The number of amides is 2. The molecule has 2 amide bonds. The van der Waals surface area contributed by atoms with Gasteiger partial charge in [0.25, 0.3) is 5.56 Å². The van der Waals surface area contributed by atoms with Gasteiger partial charge in [-0.25, -0.2) is 13.6 Å². The Balaban J connectivity index is 1.70. The van der Waals surface area contributed by atoms with E-state index >= 15 is 0 Å². The van der Waals surface area contributed by atoms with Gasteiger partial charge >= 0.3 is 6.03 Å². The fourth-order valence-corrected chi connectivity index (χ4v) is 4.73. The number of fused-ring (bicyclic) bond motifs is 3. The van der Waals surface area contributed by atoms with E-state index in [1.807, 2.05) is 0 Å². The topological polar surface area (TPSA) is 89.0 Å². The lowest BCUT2D eigenvalue weighted by atomic mass is 9.97. The Kier molecular flexibility index (Phi) is 5.18. The predicted octanol–water partition coefficient (Wildman–Crippen LogP) is 4.13. The minimum atomic E-state index is -0.663. The number of hydrogen-bond acceptors (Lipinski definition) is 4. The van der Waals surface area contributed by atoms with Crippen molar-refractivity contribution >= 4 is 34.3 Å². The Bertz CT molecular complexity index is 1270. The highest BCUT2D eigenvalue weighted by Gasteiger charge is 2.30. The molecule has 2 heterocycles. The number of hydrogen-bond donors (Lipinski definition) is 2. The molecule has 0 saturated carbocycles. The summed E-state index contributed by atoms with van der Waals surface area (Å²) in [5, 5.41) is 12.5. The highest BCUT2D eigenvalue weighted by Crippen LogP contribution is 2.37. The molecule has 30 heavy (non-hydrogen) atoms. The van der Waals surface area contributed by atoms with E-state index in [9.17, 15) is 18.4 Å². The summed E-state index contributed by atoms with van der Waals surface area (Å²) in [7, 11) is 1.62. The Morgan fingerprint density at radius 1 is 1.27 bits per heavy atom. The second-order valence-electron chi connectivity index (χ2n) is 6.91. The van der Waals surface area contributed by atoms with Crippen LogP contribution in [0.5, 0.6) is 0 Å². The van der Waals surface area contributed by atoms with Crippen molar-refractivity contribution in [1.29, 1.82) is 5.26 Å². The molecule has 1 aromatic heterocycles. The van der Waals surface area contributed by atoms with E-state index in [-0.39, 0.29) is 22.6 Å². The average Bonchev–Trinajstić information content (AvgIpc) is 2.74. The van der Waals surface area contributed by atoms with Gasteiger partial charge in [0.15, 0.2) is 0 Å². The molecule has 3 aromatic rings. The first-order chi connectivity index (χ1) is 14.4. The fourth-order valence-electron chi connectivity index (χ4n) is 3.57. The number of H-pyrrole nitrogens is 1. The number of aromatic nitrogens is 1. The maximum Gasteiger partial charge on any atom is 0.322 e. The van der Waals surface area contributed by atoms with Crippen LogP contribution in [0.2, 0.25) is 0 Å². The van der Waals surface area contributed by atoms with Crippen LogP contribution < -0.4 is 10.9 Å². The third-order valence-electron chi connectivity index (χ3n) is 5.09. The molecular formula is C21H16F2N4O2S. The summed E-state index contributed by atoms with van der Waals surface area (Å²) in [4.78, 5) is 29.5. The summed E-state index contributed by atoms with van der Waals surface area (Å²) in [6, 6.07) is 8.71. The lowest BCUT2D eigenvalue weighted by Gasteiger charge is -2.33. The summed E-state index contributed by atoms with van der Waals surface area (Å²) in [5.41, 5.74) is 1.24. The monoisotopic (exact) mass is 426 g/mol. The quantitative estimate of drug-likeness (QED) is 0.645. The molecule has 1 aliphatic rings. The van der Waals surface area contributed by atoms with E-state index in [2.05, 4.69) is 10.3 Å². The molecule has 0 radical (unpaired) electrons. The molecule has 9 heteroatoms. The zero-order valence-electron chi connectivity index (χ0n) is 15.8. The number of nitrogens with zero attached hydrogens (tertiary/aromatic N) is 2. The van der Waals surface area contributed by atoms with Crippen LogP contribution in [0.3, 0.4) is 0 Å². The van der Waals surface area contributed by atoms with Crippen LogP contribution in [0.25, 0.3) is 10.8 Å². The van der Waals surface area contributed by atoms with E-state index in [1.54, 1.807) is 30.9 Å². The number of urea groups is 1. The molecule has 0 saturated heterocycles. The third kappa shape index (κ3) is 3.50. The van der Waals surface area contributed by atoms with Gasteiger partial charge in [-0.3, -0.25) is 4.79 Å². The minimum absolute atomic E-state index is 0.167. The predicted molar refractivity (Wildman–Crippen MR) is 111 cm³/mol. The Labute approximate surface area is 174 Å². The van der Waals surface area contributed by atoms with Crippen molar-refractivity contribution in [2.45, 2.75) is 11.8 Å². The van der Waals surface area contributed by atoms with Crippen molar-refractivity contribution in [2.24, 2.45) is 0 Å². The molecule has 0 bridgehead atoms. The number of thioether (sulfide) groups is 1. The van der Waals surface area contributed by atoms with Crippen molar-refractivity contribution in [2.75, 3.05) is 18.1 Å². The molecule has 4 rings (SSSR count). The number of nitrogens with one attached hydrogen (secondary N) is 2. The number of pyridine rings is 1. The maximum atomic E-state index is 13.7. The number of nitriles is 1. The van der Waals surface area contributed by atoms with Crippen LogP contribution in [0.1, 0.15) is 22.9 Å². The van der Waals surface area contributed by atoms with Gasteiger partial charge in [0.1, 0.15) is 17.7 Å². The van der Waals surface area contributed by atoms with Gasteiger partial charge in [-0.1, -0.05) is 6.07 Å². The van der Waals surface area contributed by atoms with Gasteiger partial charge in [-0.15, -0.1) is 0 Å². The Morgan fingerprint density at radius 3 is 2.83 bits per heavy atom. The fraction of sp³-hybridized carbons (Fsp3) is 0.190. The lowest BCUT2D eigenvalue weighted by Crippen LogP contribution is -2.38. The molecule has 152 valence electrons. The smallest absolute Gasteiger partial charge is 0.322 e. The number of benzene rings is 2. The minimum Gasteiger partial charge on any atom is -0.324 e. The van der Waals surface area contributed by atoms with Crippen LogP contribution in [0, 0.1) is 23.0 Å². The van der Waals surface area contributed by atoms with Crippen LogP contribution in [0.4, 0.5) is 19.3 Å². The highest BCUT2D eigenvalue weighted by atomic mass is 32.2. The summed E-state index contributed by atoms with van der Waals surface area (Å²) >= 11 is 1.57. The summed E-state index contributed by atoms with van der Waals surface area (Å²) < 4.78 is 27.2. The van der Waals surface area contributed by atoms with Crippen molar-refractivity contribution in [1.82, 2.24) is 9.88 Å². The average molecular weight is 426 g/mol. The van der Waals surface area contributed by atoms with Gasteiger partial charge < -0.3 is 15.2 Å². The number of halogens is 2. The van der Waals surface area contributed by atoms with E-state index in [0.29, 0.717) is 28.3 Å². The maximum absolute atomic E-state index is 13.7. The van der Waals surface area contributed by atoms with Gasteiger partial charge in [0, 0.05) is 35.5 Å². The Hall–Kier alpha value is -3.38. The highest BCUT2D eigenvalue weighted by molar-refractivity contribution is 7.98. The molecule has 2 N–H and O–H groups in total. The van der Waals surface area contributed by atoms with E-state index in [4.69, 9.17) is 5.26 Å². The number of anilines is 1.